The number of hydrogen-bond acceptors (Lipinski definition) is 6. The molecule has 1 atom stereocenters. The summed E-state index contributed by atoms with van der Waals surface area (Å²) in [6.07, 6.45) is 0.630. The largest absolute Gasteiger partial charge is 0.497 e. The zero-order valence-electron chi connectivity index (χ0n) is 22.4. The van der Waals surface area contributed by atoms with Gasteiger partial charge in [-0.1, -0.05) is 23.7 Å². The van der Waals surface area contributed by atoms with Crippen molar-refractivity contribution in [1.82, 2.24) is 4.90 Å². The van der Waals surface area contributed by atoms with Crippen LogP contribution in [0.3, 0.4) is 0 Å². The third kappa shape index (κ3) is 6.61. The molecule has 0 fully saturated rings. The number of Topliss-reactive ketones (excluding diaryl/α,β-unsaturated/α-hetero) is 1. The lowest BCUT2D eigenvalue weighted by molar-refractivity contribution is -0.127. The molecule has 0 spiro atoms. The molecule has 0 aromatic heterocycles. The first-order valence-corrected chi connectivity index (χ1v) is 13.4. The zero-order valence-corrected chi connectivity index (χ0v) is 23.2. The fraction of sp³-hybridized carbons (Fsp3) is 0.290. The number of nitrogens with one attached hydrogen (secondary N) is 1. The Bertz CT molecular complexity index is 1300. The van der Waals surface area contributed by atoms with Gasteiger partial charge < -0.3 is 24.4 Å². The summed E-state index contributed by atoms with van der Waals surface area (Å²) in [5.74, 6) is 0.869. The van der Waals surface area contributed by atoms with Crippen LogP contribution in [0, 0.1) is 0 Å². The van der Waals surface area contributed by atoms with Gasteiger partial charge >= 0.3 is 0 Å². The lowest BCUT2D eigenvalue weighted by Crippen LogP contribution is -2.33. The Balaban J connectivity index is 1.81. The van der Waals surface area contributed by atoms with Gasteiger partial charge in [-0.25, -0.2) is 0 Å². The highest BCUT2D eigenvalue weighted by molar-refractivity contribution is 6.30. The molecule has 1 heterocycles. The van der Waals surface area contributed by atoms with Crippen molar-refractivity contribution in [1.29, 1.82) is 0 Å². The van der Waals surface area contributed by atoms with Gasteiger partial charge in [0.2, 0.25) is 0 Å². The van der Waals surface area contributed by atoms with Crippen molar-refractivity contribution in [2.24, 2.45) is 0 Å². The first-order valence-electron chi connectivity index (χ1n) is 13.0. The topological polar surface area (TPSA) is 77.1 Å². The molecule has 1 aliphatic rings. The minimum atomic E-state index is -0.598. The Morgan fingerprint density at radius 3 is 2.21 bits per heavy atom. The molecule has 0 saturated heterocycles. The van der Waals surface area contributed by atoms with Crippen LogP contribution in [0.5, 0.6) is 11.5 Å². The summed E-state index contributed by atoms with van der Waals surface area (Å²) in [4.78, 5) is 29.9. The van der Waals surface area contributed by atoms with Crippen molar-refractivity contribution >= 4 is 29.0 Å². The van der Waals surface area contributed by atoms with Crippen LogP contribution in [0.2, 0.25) is 5.02 Å². The summed E-state index contributed by atoms with van der Waals surface area (Å²) in [5.41, 5.74) is 2.55. The number of methoxy groups -OCH3 is 1. The zero-order chi connectivity index (χ0) is 27.8. The van der Waals surface area contributed by atoms with E-state index in [4.69, 9.17) is 25.8 Å². The molecular formula is C31H33ClN2O5. The van der Waals surface area contributed by atoms with E-state index >= 15 is 0 Å². The van der Waals surface area contributed by atoms with Crippen LogP contribution >= 0.6 is 11.6 Å². The maximum Gasteiger partial charge on any atom is 0.271 e. The third-order valence-corrected chi connectivity index (χ3v) is 6.69. The van der Waals surface area contributed by atoms with Gasteiger partial charge in [-0.2, -0.15) is 0 Å². The third-order valence-electron chi connectivity index (χ3n) is 6.44. The summed E-state index contributed by atoms with van der Waals surface area (Å²) in [5, 5.41) is 3.81. The molecule has 7 nitrogen and oxygen atoms in total. The van der Waals surface area contributed by atoms with Crippen LogP contribution in [0.1, 0.15) is 42.2 Å². The molecule has 0 unspecified atom stereocenters. The number of ketones is 1. The SMILES string of the molecule is CCOCCCN1C(=O)C(Nc2ccc(Cl)cc2)=C(C(=O)c2ccc(OC)cc2)[C@H]1c1ccc(OCC)cc1. The summed E-state index contributed by atoms with van der Waals surface area (Å²) < 4.78 is 16.4. The minimum absolute atomic E-state index is 0.242. The molecule has 8 heteroatoms. The molecule has 1 amide bonds. The second kappa shape index (κ2) is 13.3. The second-order valence-electron chi connectivity index (χ2n) is 8.93. The van der Waals surface area contributed by atoms with E-state index in [2.05, 4.69) is 5.32 Å². The molecule has 3 aromatic carbocycles. The van der Waals surface area contributed by atoms with Gasteiger partial charge in [0, 0.05) is 36.0 Å². The molecule has 0 saturated carbocycles. The van der Waals surface area contributed by atoms with E-state index in [9.17, 15) is 9.59 Å². The average molecular weight is 549 g/mol. The van der Waals surface area contributed by atoms with Crippen molar-refractivity contribution in [3.63, 3.8) is 0 Å². The lowest BCUT2D eigenvalue weighted by atomic mass is 9.92. The molecule has 4 rings (SSSR count). The smallest absolute Gasteiger partial charge is 0.271 e. The van der Waals surface area contributed by atoms with Crippen LogP contribution in [-0.4, -0.2) is 50.1 Å². The van der Waals surface area contributed by atoms with E-state index in [0.717, 1.165) is 11.3 Å². The molecule has 0 aliphatic carbocycles. The lowest BCUT2D eigenvalue weighted by Gasteiger charge is -2.27. The van der Waals surface area contributed by atoms with Gasteiger partial charge in [-0.3, -0.25) is 9.59 Å². The van der Waals surface area contributed by atoms with Crippen molar-refractivity contribution < 1.29 is 23.8 Å². The van der Waals surface area contributed by atoms with E-state index in [-0.39, 0.29) is 17.4 Å². The summed E-state index contributed by atoms with van der Waals surface area (Å²) in [7, 11) is 1.57. The van der Waals surface area contributed by atoms with Crippen LogP contribution in [-0.2, 0) is 9.53 Å². The summed E-state index contributed by atoms with van der Waals surface area (Å²) >= 11 is 6.08. The number of benzene rings is 3. The standard InChI is InChI=1S/C31H33ClN2O5/c1-4-38-20-6-19-34-29(21-7-17-26(18-8-21)39-5-2)27(30(35)22-9-15-25(37-3)16-10-22)28(31(34)36)33-24-13-11-23(32)12-14-24/h7-18,29,33H,4-6,19-20H2,1-3H3/t29-/m1/s1. The number of carbonyl (C=O) groups is 2. The van der Waals surface area contributed by atoms with Gasteiger partial charge in [-0.05, 0) is 86.5 Å². The van der Waals surface area contributed by atoms with Gasteiger partial charge in [0.15, 0.2) is 5.78 Å². The fourth-order valence-electron chi connectivity index (χ4n) is 4.57. The summed E-state index contributed by atoms with van der Waals surface area (Å²) in [6.45, 7) is 5.93. The van der Waals surface area contributed by atoms with E-state index in [0.29, 0.717) is 60.4 Å². The molecule has 0 radical (unpaired) electrons. The van der Waals surface area contributed by atoms with Crippen molar-refractivity contribution in [3.8, 4) is 11.5 Å². The highest BCUT2D eigenvalue weighted by Crippen LogP contribution is 2.41. The monoisotopic (exact) mass is 548 g/mol. The molecule has 39 heavy (non-hydrogen) atoms. The Labute approximate surface area is 234 Å². The van der Waals surface area contributed by atoms with Gasteiger partial charge in [0.25, 0.3) is 5.91 Å². The van der Waals surface area contributed by atoms with Gasteiger partial charge in [0.05, 0.1) is 25.3 Å². The maximum atomic E-state index is 14.1. The number of ether oxygens (including phenoxy) is 3. The molecule has 0 bridgehead atoms. The van der Waals surface area contributed by atoms with Crippen molar-refractivity contribution in [2.45, 2.75) is 26.3 Å². The first-order chi connectivity index (χ1) is 19.0. The first kappa shape index (κ1) is 28.2. The van der Waals surface area contributed by atoms with Crippen LogP contribution < -0.4 is 14.8 Å². The van der Waals surface area contributed by atoms with E-state index in [1.807, 2.05) is 38.1 Å². The Hall–Kier alpha value is -3.81. The molecule has 1 N–H and O–H groups in total. The molecular weight excluding hydrogens is 516 g/mol. The van der Waals surface area contributed by atoms with E-state index in [1.54, 1.807) is 60.5 Å². The second-order valence-corrected chi connectivity index (χ2v) is 9.37. The number of hydrogen-bond donors (Lipinski definition) is 1. The number of rotatable bonds is 13. The van der Waals surface area contributed by atoms with Crippen LogP contribution in [0.4, 0.5) is 5.69 Å². The minimum Gasteiger partial charge on any atom is -0.497 e. The summed E-state index contributed by atoms with van der Waals surface area (Å²) in [6, 6.07) is 20.9. The van der Waals surface area contributed by atoms with E-state index < -0.39 is 6.04 Å². The quantitative estimate of drug-likeness (QED) is 0.199. The van der Waals surface area contributed by atoms with Gasteiger partial charge in [-0.15, -0.1) is 0 Å². The fourth-order valence-corrected chi connectivity index (χ4v) is 4.70. The Morgan fingerprint density at radius 2 is 1.59 bits per heavy atom. The number of nitrogens with zero attached hydrogens (tertiary/aromatic N) is 1. The molecule has 3 aromatic rings. The van der Waals surface area contributed by atoms with Gasteiger partial charge in [0.1, 0.15) is 17.2 Å². The Kier molecular flexibility index (Phi) is 9.63. The van der Waals surface area contributed by atoms with E-state index in [1.165, 1.54) is 0 Å². The number of halogens is 1. The molecule has 1 aliphatic heterocycles. The number of carbonyl (C=O) groups excluding carboxylic acids is 2. The molecule has 204 valence electrons. The highest BCUT2D eigenvalue weighted by atomic mass is 35.5. The number of anilines is 1. The predicted octanol–water partition coefficient (Wildman–Crippen LogP) is 6.31. The average Bonchev–Trinajstić information content (AvgIpc) is 3.23. The number of amides is 1. The predicted molar refractivity (Wildman–Crippen MR) is 153 cm³/mol. The normalized spacial score (nSPS) is 15.0. The van der Waals surface area contributed by atoms with Crippen LogP contribution in [0.25, 0.3) is 0 Å². The van der Waals surface area contributed by atoms with Crippen molar-refractivity contribution in [2.75, 3.05) is 38.8 Å². The highest BCUT2D eigenvalue weighted by Gasteiger charge is 2.43. The van der Waals surface area contributed by atoms with Crippen LogP contribution in [0.15, 0.2) is 84.1 Å². The van der Waals surface area contributed by atoms with Crippen molar-refractivity contribution in [3.05, 3.63) is 100 Å². The Morgan fingerprint density at radius 1 is 0.923 bits per heavy atom. The maximum absolute atomic E-state index is 14.1.